The summed E-state index contributed by atoms with van der Waals surface area (Å²) in [7, 11) is 0. The van der Waals surface area contributed by atoms with Gasteiger partial charge in [0.05, 0.1) is 18.9 Å². The van der Waals surface area contributed by atoms with E-state index in [4.69, 9.17) is 9.47 Å². The van der Waals surface area contributed by atoms with Crippen LogP contribution in [0.15, 0.2) is 18.2 Å². The lowest BCUT2D eigenvalue weighted by Gasteiger charge is -2.32. The van der Waals surface area contributed by atoms with Gasteiger partial charge in [-0.15, -0.1) is 0 Å². The Morgan fingerprint density at radius 1 is 1.35 bits per heavy atom. The lowest BCUT2D eigenvalue weighted by atomic mass is 10.0. The van der Waals surface area contributed by atoms with Gasteiger partial charge in [0.15, 0.2) is 0 Å². The molecule has 0 N–H and O–H groups in total. The number of aryl methyl sites for hydroxylation is 1. The second-order valence-electron chi connectivity index (χ2n) is 5.19. The van der Waals surface area contributed by atoms with E-state index in [-0.39, 0.29) is 5.91 Å². The molecule has 1 amide bonds. The number of benzene rings is 1. The van der Waals surface area contributed by atoms with E-state index in [9.17, 15) is 4.79 Å². The second kappa shape index (κ2) is 5.47. The zero-order valence-corrected chi connectivity index (χ0v) is 13.1. The van der Waals surface area contributed by atoms with Crippen LogP contribution in [0, 0.1) is 6.92 Å². The van der Waals surface area contributed by atoms with E-state index < -0.39 is 5.79 Å². The minimum absolute atomic E-state index is 0.0845. The Bertz CT molecular complexity index is 526. The molecule has 5 heteroatoms. The lowest BCUT2D eigenvalue weighted by Crippen LogP contribution is -2.47. The monoisotopic (exact) mass is 339 g/mol. The molecule has 2 heterocycles. The van der Waals surface area contributed by atoms with Crippen LogP contribution < -0.4 is 4.90 Å². The fraction of sp³-hybridized carbons (Fsp3) is 0.533. The number of alkyl halides is 1. The summed E-state index contributed by atoms with van der Waals surface area (Å²) >= 11 is 3.42. The van der Waals surface area contributed by atoms with Gasteiger partial charge in [0.2, 0.25) is 0 Å². The Hall–Kier alpha value is -0.910. The summed E-state index contributed by atoms with van der Waals surface area (Å²) < 4.78 is 11.6. The standard InChI is InChI=1S/C15H18BrNO3/c1-11-4-5-13-12(10-11)15(19-8-3-9-20-15)14(18)17(13)7-2-6-16/h4-5,10H,2-3,6-9H2,1H3. The molecular formula is C15H18BrNO3. The van der Waals surface area contributed by atoms with Gasteiger partial charge in [0.1, 0.15) is 0 Å². The summed E-state index contributed by atoms with van der Waals surface area (Å²) in [5, 5.41) is 0.868. The maximum atomic E-state index is 12.8. The summed E-state index contributed by atoms with van der Waals surface area (Å²) in [6.45, 7) is 3.81. The van der Waals surface area contributed by atoms with Crippen LogP contribution in [-0.2, 0) is 20.1 Å². The molecular weight excluding hydrogens is 322 g/mol. The van der Waals surface area contributed by atoms with Gasteiger partial charge in [-0.3, -0.25) is 4.79 Å². The number of anilines is 1. The van der Waals surface area contributed by atoms with Crippen molar-refractivity contribution in [2.24, 2.45) is 0 Å². The van der Waals surface area contributed by atoms with Crippen LogP contribution in [0.5, 0.6) is 0 Å². The highest BCUT2D eigenvalue weighted by molar-refractivity contribution is 9.09. The fourth-order valence-electron chi connectivity index (χ4n) is 2.80. The highest BCUT2D eigenvalue weighted by Gasteiger charge is 2.54. The molecule has 1 aromatic rings. The highest BCUT2D eigenvalue weighted by Crippen LogP contribution is 2.45. The minimum Gasteiger partial charge on any atom is -0.338 e. The van der Waals surface area contributed by atoms with Crippen LogP contribution in [-0.4, -0.2) is 31.0 Å². The van der Waals surface area contributed by atoms with E-state index in [0.29, 0.717) is 19.8 Å². The molecule has 2 aliphatic rings. The van der Waals surface area contributed by atoms with E-state index in [0.717, 1.165) is 35.0 Å². The van der Waals surface area contributed by atoms with Crippen molar-refractivity contribution < 1.29 is 14.3 Å². The quantitative estimate of drug-likeness (QED) is 0.795. The SMILES string of the molecule is Cc1ccc2c(c1)C1(OCCCO1)C(=O)N2CCCBr. The lowest BCUT2D eigenvalue weighted by molar-refractivity contribution is -0.256. The number of carbonyl (C=O) groups is 1. The number of rotatable bonds is 3. The smallest absolute Gasteiger partial charge is 0.292 e. The number of hydrogen-bond acceptors (Lipinski definition) is 3. The molecule has 0 aromatic heterocycles. The maximum absolute atomic E-state index is 12.8. The van der Waals surface area contributed by atoms with E-state index in [2.05, 4.69) is 15.9 Å². The van der Waals surface area contributed by atoms with Gasteiger partial charge in [0.25, 0.3) is 11.7 Å². The first-order valence-electron chi connectivity index (χ1n) is 6.96. The van der Waals surface area contributed by atoms with Crippen molar-refractivity contribution in [3.8, 4) is 0 Å². The van der Waals surface area contributed by atoms with E-state index in [1.807, 2.05) is 25.1 Å². The first kappa shape index (κ1) is 14.0. The molecule has 4 nitrogen and oxygen atoms in total. The number of nitrogens with zero attached hydrogens (tertiary/aromatic N) is 1. The number of halogens is 1. The van der Waals surface area contributed by atoms with Gasteiger partial charge in [0, 0.05) is 17.4 Å². The molecule has 0 atom stereocenters. The van der Waals surface area contributed by atoms with Crippen molar-refractivity contribution >= 4 is 27.5 Å². The average molecular weight is 340 g/mol. The normalized spacial score (nSPS) is 20.5. The number of fused-ring (bicyclic) bond motifs is 2. The van der Waals surface area contributed by atoms with Gasteiger partial charge in [-0.05, 0) is 31.9 Å². The third kappa shape index (κ3) is 2.08. The summed E-state index contributed by atoms with van der Waals surface area (Å²) in [6, 6.07) is 6.02. The Balaban J connectivity index is 2.05. The van der Waals surface area contributed by atoms with Crippen molar-refractivity contribution in [2.75, 3.05) is 30.0 Å². The topological polar surface area (TPSA) is 38.8 Å². The summed E-state index contributed by atoms with van der Waals surface area (Å²) in [6.07, 6.45) is 1.73. The maximum Gasteiger partial charge on any atom is 0.292 e. The molecule has 0 bridgehead atoms. The van der Waals surface area contributed by atoms with Gasteiger partial charge < -0.3 is 14.4 Å². The third-order valence-electron chi connectivity index (χ3n) is 3.74. The summed E-state index contributed by atoms with van der Waals surface area (Å²) in [5.74, 6) is -1.29. The predicted molar refractivity (Wildman–Crippen MR) is 80.1 cm³/mol. The van der Waals surface area contributed by atoms with Crippen molar-refractivity contribution in [2.45, 2.75) is 25.6 Å². The molecule has 2 aliphatic heterocycles. The van der Waals surface area contributed by atoms with Gasteiger partial charge in [-0.2, -0.15) is 0 Å². The molecule has 1 saturated heterocycles. The number of amides is 1. The first-order valence-corrected chi connectivity index (χ1v) is 8.08. The fourth-order valence-corrected chi connectivity index (χ4v) is 3.05. The molecule has 0 radical (unpaired) electrons. The van der Waals surface area contributed by atoms with Gasteiger partial charge in [-0.25, -0.2) is 0 Å². The average Bonchev–Trinajstić information content (AvgIpc) is 2.68. The van der Waals surface area contributed by atoms with Crippen molar-refractivity contribution in [1.29, 1.82) is 0 Å². The van der Waals surface area contributed by atoms with Crippen LogP contribution in [0.4, 0.5) is 5.69 Å². The van der Waals surface area contributed by atoms with Crippen molar-refractivity contribution in [3.05, 3.63) is 29.3 Å². The first-order chi connectivity index (χ1) is 9.69. The molecule has 1 spiro atoms. The van der Waals surface area contributed by atoms with E-state index >= 15 is 0 Å². The van der Waals surface area contributed by atoms with Crippen molar-refractivity contribution in [1.82, 2.24) is 0 Å². The van der Waals surface area contributed by atoms with Crippen molar-refractivity contribution in [3.63, 3.8) is 0 Å². The van der Waals surface area contributed by atoms with Crippen LogP contribution >= 0.6 is 15.9 Å². The Morgan fingerprint density at radius 3 is 2.80 bits per heavy atom. The molecule has 0 aliphatic carbocycles. The Morgan fingerprint density at radius 2 is 2.10 bits per heavy atom. The molecule has 0 unspecified atom stereocenters. The van der Waals surface area contributed by atoms with E-state index in [1.165, 1.54) is 0 Å². The summed E-state index contributed by atoms with van der Waals surface area (Å²) in [4.78, 5) is 14.6. The van der Waals surface area contributed by atoms with Crippen LogP contribution in [0.1, 0.15) is 24.0 Å². The predicted octanol–water partition coefficient (Wildman–Crippen LogP) is 2.72. The molecule has 20 heavy (non-hydrogen) atoms. The van der Waals surface area contributed by atoms with Gasteiger partial charge >= 0.3 is 0 Å². The van der Waals surface area contributed by atoms with Gasteiger partial charge in [-0.1, -0.05) is 27.6 Å². The third-order valence-corrected chi connectivity index (χ3v) is 4.30. The highest BCUT2D eigenvalue weighted by atomic mass is 79.9. The summed E-state index contributed by atoms with van der Waals surface area (Å²) in [5.41, 5.74) is 2.89. The second-order valence-corrected chi connectivity index (χ2v) is 5.98. The molecule has 1 aromatic carbocycles. The number of carbonyl (C=O) groups excluding carboxylic acids is 1. The molecule has 3 rings (SSSR count). The van der Waals surface area contributed by atoms with Crippen LogP contribution in [0.3, 0.4) is 0 Å². The zero-order chi connectivity index (χ0) is 14.2. The molecule has 0 saturated carbocycles. The van der Waals surface area contributed by atoms with Crippen LogP contribution in [0.25, 0.3) is 0 Å². The Kier molecular flexibility index (Phi) is 3.84. The minimum atomic E-state index is -1.20. The molecule has 1 fully saturated rings. The molecule has 108 valence electrons. The largest absolute Gasteiger partial charge is 0.338 e. The van der Waals surface area contributed by atoms with E-state index in [1.54, 1.807) is 4.90 Å². The zero-order valence-electron chi connectivity index (χ0n) is 11.5. The van der Waals surface area contributed by atoms with Crippen LogP contribution in [0.2, 0.25) is 0 Å². The Labute approximate surface area is 127 Å². The number of ether oxygens (including phenoxy) is 2. The number of hydrogen-bond donors (Lipinski definition) is 0.